The molecule has 4 amide bonds. The van der Waals surface area contributed by atoms with Gasteiger partial charge in [-0.2, -0.15) is 0 Å². The maximum Gasteiger partial charge on any atom is 0.303 e. The Morgan fingerprint density at radius 3 is 2.71 bits per heavy atom. The number of piperazine rings is 1. The van der Waals surface area contributed by atoms with Crippen molar-refractivity contribution in [1.82, 2.24) is 20.4 Å². The van der Waals surface area contributed by atoms with Crippen LogP contribution in [0, 0.1) is 0 Å². The van der Waals surface area contributed by atoms with E-state index in [0.29, 0.717) is 17.8 Å². The van der Waals surface area contributed by atoms with E-state index in [2.05, 4.69) is 10.6 Å². The van der Waals surface area contributed by atoms with Crippen LogP contribution in [0.4, 0.5) is 0 Å². The van der Waals surface area contributed by atoms with Gasteiger partial charge in [-0.05, 0) is 30.7 Å². The Bertz CT molecular complexity index is 843. The van der Waals surface area contributed by atoms with Crippen molar-refractivity contribution < 1.29 is 29.1 Å². The molecule has 1 aromatic heterocycles. The van der Waals surface area contributed by atoms with E-state index in [0.717, 1.165) is 6.42 Å². The monoisotopic (exact) mass is 450 g/mol. The summed E-state index contributed by atoms with van der Waals surface area (Å²) < 4.78 is 0. The number of carboxylic acids is 1. The number of nitrogens with one attached hydrogen (secondary N) is 2. The number of nitrogens with zero attached hydrogens (tertiary/aromatic N) is 2. The van der Waals surface area contributed by atoms with Crippen molar-refractivity contribution >= 4 is 40.9 Å². The highest BCUT2D eigenvalue weighted by atomic mass is 32.1. The topological polar surface area (TPSA) is 136 Å². The van der Waals surface area contributed by atoms with Gasteiger partial charge in [0.1, 0.15) is 12.1 Å². The van der Waals surface area contributed by atoms with Crippen LogP contribution in [0.25, 0.3) is 0 Å². The number of hydrogen-bond donors (Lipinski definition) is 3. The number of thiophene rings is 1. The van der Waals surface area contributed by atoms with Crippen molar-refractivity contribution in [3.63, 3.8) is 0 Å². The van der Waals surface area contributed by atoms with Crippen molar-refractivity contribution in [3.05, 3.63) is 22.4 Å². The number of carboxylic acid groups (broad SMARTS) is 1. The van der Waals surface area contributed by atoms with Crippen molar-refractivity contribution in [3.8, 4) is 0 Å². The van der Waals surface area contributed by atoms with Crippen molar-refractivity contribution in [2.24, 2.45) is 0 Å². The SMILES string of the molecule is O=C(O)CCCC(=O)N1CCN(C(=O)c2cccs2)CC1C(=O)NC1CCCNC1=O. The molecular weight excluding hydrogens is 424 g/mol. The van der Waals surface area contributed by atoms with Crippen molar-refractivity contribution in [2.45, 2.75) is 44.2 Å². The first-order valence-corrected chi connectivity index (χ1v) is 11.2. The molecule has 3 rings (SSSR count). The molecule has 1 aromatic rings. The fraction of sp³-hybridized carbons (Fsp3) is 0.550. The number of rotatable bonds is 7. The van der Waals surface area contributed by atoms with E-state index >= 15 is 0 Å². The van der Waals surface area contributed by atoms with E-state index in [1.54, 1.807) is 17.5 Å². The highest BCUT2D eigenvalue weighted by molar-refractivity contribution is 7.12. The van der Waals surface area contributed by atoms with Gasteiger partial charge in [-0.25, -0.2) is 0 Å². The van der Waals surface area contributed by atoms with Gasteiger partial charge in [0.05, 0.1) is 11.4 Å². The molecule has 11 heteroatoms. The van der Waals surface area contributed by atoms with Gasteiger partial charge in [0.2, 0.25) is 17.7 Å². The van der Waals surface area contributed by atoms with Crippen LogP contribution in [0.3, 0.4) is 0 Å². The molecule has 2 aliphatic heterocycles. The lowest BCUT2D eigenvalue weighted by Crippen LogP contribution is -2.63. The first kappa shape index (κ1) is 22.7. The molecule has 3 heterocycles. The third-order valence-electron chi connectivity index (χ3n) is 5.41. The fourth-order valence-electron chi connectivity index (χ4n) is 3.76. The minimum absolute atomic E-state index is 0.00113. The quantitative estimate of drug-likeness (QED) is 0.537. The first-order valence-electron chi connectivity index (χ1n) is 10.3. The summed E-state index contributed by atoms with van der Waals surface area (Å²) in [7, 11) is 0. The highest BCUT2D eigenvalue weighted by Gasteiger charge is 2.38. The van der Waals surface area contributed by atoms with Gasteiger partial charge in [-0.1, -0.05) is 6.07 Å². The summed E-state index contributed by atoms with van der Waals surface area (Å²) in [6.45, 7) is 1.01. The zero-order chi connectivity index (χ0) is 22.4. The van der Waals surface area contributed by atoms with E-state index < -0.39 is 24.0 Å². The first-order chi connectivity index (χ1) is 14.9. The number of piperidine rings is 1. The Balaban J connectivity index is 1.71. The molecule has 0 radical (unpaired) electrons. The van der Waals surface area contributed by atoms with Gasteiger partial charge in [0, 0.05) is 32.5 Å². The summed E-state index contributed by atoms with van der Waals surface area (Å²) in [6, 6.07) is 1.86. The lowest BCUT2D eigenvalue weighted by atomic mass is 10.0. The highest BCUT2D eigenvalue weighted by Crippen LogP contribution is 2.19. The van der Waals surface area contributed by atoms with Crippen LogP contribution in [-0.4, -0.2) is 82.8 Å². The zero-order valence-corrected chi connectivity index (χ0v) is 17.9. The second-order valence-electron chi connectivity index (χ2n) is 7.57. The Labute approximate surface area is 183 Å². The normalized spacial score (nSPS) is 21.4. The van der Waals surface area contributed by atoms with Crippen LogP contribution in [-0.2, 0) is 19.2 Å². The summed E-state index contributed by atoms with van der Waals surface area (Å²) in [4.78, 5) is 64.8. The Kier molecular flexibility index (Phi) is 7.61. The molecule has 2 atom stereocenters. The second-order valence-corrected chi connectivity index (χ2v) is 8.52. The van der Waals surface area contributed by atoms with E-state index in [-0.39, 0.29) is 56.6 Å². The van der Waals surface area contributed by atoms with Crippen LogP contribution >= 0.6 is 11.3 Å². The molecule has 0 aromatic carbocycles. The minimum Gasteiger partial charge on any atom is -0.481 e. The van der Waals surface area contributed by atoms with Gasteiger partial charge in [-0.3, -0.25) is 24.0 Å². The number of amides is 4. The van der Waals surface area contributed by atoms with Crippen LogP contribution < -0.4 is 10.6 Å². The molecule has 2 unspecified atom stereocenters. The molecule has 3 N–H and O–H groups in total. The lowest BCUT2D eigenvalue weighted by Gasteiger charge is -2.41. The van der Waals surface area contributed by atoms with E-state index in [9.17, 15) is 24.0 Å². The largest absolute Gasteiger partial charge is 0.481 e. The molecule has 0 aliphatic carbocycles. The van der Waals surface area contributed by atoms with Crippen LogP contribution in [0.5, 0.6) is 0 Å². The van der Waals surface area contributed by atoms with Gasteiger partial charge >= 0.3 is 5.97 Å². The number of hydrogen-bond acceptors (Lipinski definition) is 6. The predicted molar refractivity (Wildman–Crippen MR) is 111 cm³/mol. The van der Waals surface area contributed by atoms with Crippen LogP contribution in [0.15, 0.2) is 17.5 Å². The Morgan fingerprint density at radius 1 is 1.23 bits per heavy atom. The fourth-order valence-corrected chi connectivity index (χ4v) is 4.45. The average molecular weight is 451 g/mol. The average Bonchev–Trinajstić information content (AvgIpc) is 3.29. The maximum absolute atomic E-state index is 13.0. The molecule has 2 fully saturated rings. The van der Waals surface area contributed by atoms with E-state index in [1.165, 1.54) is 21.1 Å². The van der Waals surface area contributed by atoms with Gasteiger partial charge in [0.25, 0.3) is 5.91 Å². The van der Waals surface area contributed by atoms with Gasteiger partial charge in [0.15, 0.2) is 0 Å². The third-order valence-corrected chi connectivity index (χ3v) is 6.26. The summed E-state index contributed by atoms with van der Waals surface area (Å²) in [5, 5.41) is 16.0. The lowest BCUT2D eigenvalue weighted by molar-refractivity contribution is -0.144. The van der Waals surface area contributed by atoms with Crippen molar-refractivity contribution in [2.75, 3.05) is 26.2 Å². The minimum atomic E-state index is -0.989. The van der Waals surface area contributed by atoms with Crippen molar-refractivity contribution in [1.29, 1.82) is 0 Å². The van der Waals surface area contributed by atoms with E-state index in [1.807, 2.05) is 0 Å². The molecular formula is C20H26N4O6S. The standard InChI is InChI=1S/C20H26N4O6S/c25-16(6-1-7-17(26)27)24-10-9-23(20(30)15-5-3-11-31-15)12-14(24)19(29)22-13-4-2-8-21-18(13)28/h3,5,11,13-14H,1-2,4,6-10,12H2,(H,21,28)(H,22,29)(H,26,27). The molecule has 2 aliphatic rings. The predicted octanol–water partition coefficient (Wildman–Crippen LogP) is 0.0508. The molecule has 0 saturated carbocycles. The van der Waals surface area contributed by atoms with Crippen LogP contribution in [0.2, 0.25) is 0 Å². The zero-order valence-electron chi connectivity index (χ0n) is 17.0. The molecule has 10 nitrogen and oxygen atoms in total. The molecule has 31 heavy (non-hydrogen) atoms. The third kappa shape index (κ3) is 5.81. The second kappa shape index (κ2) is 10.4. The molecule has 0 bridgehead atoms. The maximum atomic E-state index is 13.0. The Hall–Kier alpha value is -2.95. The summed E-state index contributed by atoms with van der Waals surface area (Å²) in [5.41, 5.74) is 0. The molecule has 168 valence electrons. The molecule has 0 spiro atoms. The van der Waals surface area contributed by atoms with Gasteiger partial charge in [-0.15, -0.1) is 11.3 Å². The number of carbonyl (C=O) groups is 5. The summed E-state index contributed by atoms with van der Waals surface area (Å²) in [5.74, 6) is -2.28. The smallest absolute Gasteiger partial charge is 0.303 e. The summed E-state index contributed by atoms with van der Waals surface area (Å²) in [6.07, 6.45) is 1.28. The van der Waals surface area contributed by atoms with Crippen LogP contribution in [0.1, 0.15) is 41.8 Å². The summed E-state index contributed by atoms with van der Waals surface area (Å²) >= 11 is 1.30. The van der Waals surface area contributed by atoms with E-state index in [4.69, 9.17) is 5.11 Å². The number of aliphatic carboxylic acids is 1. The van der Waals surface area contributed by atoms with Gasteiger partial charge < -0.3 is 25.5 Å². The Morgan fingerprint density at radius 2 is 2.03 bits per heavy atom. The molecule has 2 saturated heterocycles. The number of carbonyl (C=O) groups excluding carboxylic acids is 4.